The van der Waals surface area contributed by atoms with Gasteiger partial charge in [-0.3, -0.25) is 14.7 Å². The van der Waals surface area contributed by atoms with E-state index < -0.39 is 24.3 Å². The number of carbonyl (C=O) groups is 3. The molecule has 5 rings (SSSR count). The maximum absolute atomic E-state index is 13.1. The van der Waals surface area contributed by atoms with Gasteiger partial charge in [0.25, 0.3) is 0 Å². The number of halogens is 6. The van der Waals surface area contributed by atoms with Crippen LogP contribution in [0.1, 0.15) is 24.2 Å². The highest BCUT2D eigenvalue weighted by Crippen LogP contribution is 2.38. The first-order valence-corrected chi connectivity index (χ1v) is 13.1. The van der Waals surface area contributed by atoms with Crippen LogP contribution in [0.25, 0.3) is 11.3 Å². The van der Waals surface area contributed by atoms with Gasteiger partial charge in [-0.25, -0.2) is 14.6 Å². The van der Waals surface area contributed by atoms with Crippen LogP contribution >= 0.6 is 0 Å². The second kappa shape index (κ2) is 13.9. The predicted molar refractivity (Wildman–Crippen MR) is 143 cm³/mol. The lowest BCUT2D eigenvalue weighted by atomic mass is 9.85. The Kier molecular flexibility index (Phi) is 10.7. The van der Waals surface area contributed by atoms with E-state index in [0.29, 0.717) is 6.42 Å². The predicted octanol–water partition coefficient (Wildman–Crippen LogP) is 4.22. The van der Waals surface area contributed by atoms with Gasteiger partial charge in [0, 0.05) is 43.6 Å². The molecule has 2 aliphatic heterocycles. The Hall–Kier alpha value is -4.47. The molecule has 1 fully saturated rings. The van der Waals surface area contributed by atoms with Gasteiger partial charge in [0.05, 0.1) is 29.7 Å². The fraction of sp³-hybridized carbons (Fsp3) is 0.393. The summed E-state index contributed by atoms with van der Waals surface area (Å²) < 4.78 is 65.8. The number of benzene rings is 1. The molecule has 16 heteroatoms. The number of aliphatic carboxylic acids is 2. The van der Waals surface area contributed by atoms with E-state index in [-0.39, 0.29) is 11.4 Å². The maximum atomic E-state index is 13.1. The van der Waals surface area contributed by atoms with Crippen molar-refractivity contribution in [3.8, 4) is 11.3 Å². The van der Waals surface area contributed by atoms with Crippen molar-refractivity contribution in [2.45, 2.75) is 43.7 Å². The van der Waals surface area contributed by atoms with Crippen LogP contribution in [0.2, 0.25) is 0 Å². The second-order valence-corrected chi connectivity index (χ2v) is 10.2. The topological polar surface area (TPSA) is 129 Å². The number of likely N-dealkylation sites (N-methyl/N-ethyl adjacent to an activating group) is 1. The van der Waals surface area contributed by atoms with E-state index in [1.165, 1.54) is 5.69 Å². The molecule has 0 aliphatic carbocycles. The van der Waals surface area contributed by atoms with Crippen molar-refractivity contribution in [2.24, 2.45) is 0 Å². The monoisotopic (exact) mass is 629 g/mol. The fourth-order valence-corrected chi connectivity index (χ4v) is 5.08. The van der Waals surface area contributed by atoms with Crippen LogP contribution in [0.5, 0.6) is 0 Å². The van der Waals surface area contributed by atoms with Crippen LogP contribution in [-0.2, 0) is 32.9 Å². The normalized spacial score (nSPS) is 18.3. The summed E-state index contributed by atoms with van der Waals surface area (Å²) in [6.07, 6.45) is -4.00. The highest BCUT2D eigenvalue weighted by molar-refractivity contribution is 5.78. The largest absolute Gasteiger partial charge is 0.490 e. The van der Waals surface area contributed by atoms with E-state index in [1.807, 2.05) is 35.5 Å². The standard InChI is InChI=1S/C24H27N5O.2C2HF3O2/c1-27-15-21-23(19-8-3-2-4-9-19)26-18-29(21)24(16-27)11-7-13-28(17-24)22(30)14-20-10-5-6-12-25-20;2*3-2(4,5)1(6)7/h2-6,8-10,12,18H,7,11,13-17H2,1H3;2*(H,6,7). The van der Waals surface area contributed by atoms with Crippen molar-refractivity contribution in [1.29, 1.82) is 0 Å². The molecule has 2 aliphatic rings. The third-order valence-electron chi connectivity index (χ3n) is 6.86. The molecule has 3 aromatic rings. The summed E-state index contributed by atoms with van der Waals surface area (Å²) in [7, 11) is 2.17. The summed E-state index contributed by atoms with van der Waals surface area (Å²) in [5.41, 5.74) is 4.15. The van der Waals surface area contributed by atoms with Crippen LogP contribution in [0.15, 0.2) is 61.1 Å². The number of carboxylic acids is 2. The summed E-state index contributed by atoms with van der Waals surface area (Å²) in [4.78, 5) is 44.4. The van der Waals surface area contributed by atoms with E-state index in [0.717, 1.165) is 56.0 Å². The number of rotatable bonds is 3. The van der Waals surface area contributed by atoms with Crippen LogP contribution in [0.3, 0.4) is 0 Å². The van der Waals surface area contributed by atoms with E-state index in [9.17, 15) is 31.1 Å². The molecule has 4 heterocycles. The van der Waals surface area contributed by atoms with Crippen molar-refractivity contribution >= 4 is 17.8 Å². The molecule has 1 aromatic carbocycles. The number of hydrogen-bond donors (Lipinski definition) is 2. The summed E-state index contributed by atoms with van der Waals surface area (Å²) in [5, 5.41) is 14.2. The zero-order valence-corrected chi connectivity index (χ0v) is 23.3. The van der Waals surface area contributed by atoms with Crippen molar-refractivity contribution < 1.29 is 50.9 Å². The molecular formula is C28H29F6N5O5. The number of pyridine rings is 1. The van der Waals surface area contributed by atoms with Crippen LogP contribution in [0, 0.1) is 0 Å². The molecule has 2 N–H and O–H groups in total. The number of imidazole rings is 1. The summed E-state index contributed by atoms with van der Waals surface area (Å²) in [6.45, 7) is 3.33. The first kappa shape index (κ1) is 34.0. The number of piperidine rings is 1. The van der Waals surface area contributed by atoms with Gasteiger partial charge in [0.2, 0.25) is 5.91 Å². The lowest BCUT2D eigenvalue weighted by Gasteiger charge is -2.49. The molecule has 1 amide bonds. The Morgan fingerprint density at radius 1 is 0.886 bits per heavy atom. The van der Waals surface area contributed by atoms with Crippen LogP contribution < -0.4 is 0 Å². The second-order valence-electron chi connectivity index (χ2n) is 10.2. The fourth-order valence-electron chi connectivity index (χ4n) is 5.08. The minimum absolute atomic E-state index is 0.125. The SMILES string of the molecule is CN1Cc2c(-c3ccccc3)ncn2C2(CCCN(C(=O)Cc3ccccn3)C2)C1.O=C(O)C(F)(F)F.O=C(O)C(F)(F)F. The van der Waals surface area contributed by atoms with E-state index in [4.69, 9.17) is 24.8 Å². The van der Waals surface area contributed by atoms with Gasteiger partial charge in [-0.2, -0.15) is 26.3 Å². The Morgan fingerprint density at radius 2 is 1.48 bits per heavy atom. The lowest BCUT2D eigenvalue weighted by molar-refractivity contribution is -0.193. The number of likely N-dealkylation sites (tertiary alicyclic amines) is 1. The smallest absolute Gasteiger partial charge is 0.475 e. The van der Waals surface area contributed by atoms with Crippen LogP contribution in [-0.4, -0.2) is 91.4 Å². The Labute approximate surface area is 247 Å². The van der Waals surface area contributed by atoms with Gasteiger partial charge in [-0.05, 0) is 32.0 Å². The third-order valence-corrected chi connectivity index (χ3v) is 6.86. The molecule has 0 bridgehead atoms. The highest BCUT2D eigenvalue weighted by atomic mass is 19.4. The third kappa shape index (κ3) is 8.78. The first-order valence-electron chi connectivity index (χ1n) is 13.1. The Balaban J connectivity index is 0.000000317. The van der Waals surface area contributed by atoms with Gasteiger partial charge in [-0.15, -0.1) is 0 Å². The molecule has 44 heavy (non-hydrogen) atoms. The minimum atomic E-state index is -5.08. The molecule has 0 radical (unpaired) electrons. The number of amides is 1. The van der Waals surface area contributed by atoms with Gasteiger partial charge < -0.3 is 19.7 Å². The van der Waals surface area contributed by atoms with Crippen molar-refractivity contribution in [3.63, 3.8) is 0 Å². The summed E-state index contributed by atoms with van der Waals surface area (Å²) >= 11 is 0. The summed E-state index contributed by atoms with van der Waals surface area (Å²) in [5.74, 6) is -5.36. The van der Waals surface area contributed by atoms with Crippen LogP contribution in [0.4, 0.5) is 26.3 Å². The van der Waals surface area contributed by atoms with E-state index >= 15 is 0 Å². The molecule has 1 unspecified atom stereocenters. The number of alkyl halides is 6. The van der Waals surface area contributed by atoms with Crippen molar-refractivity contribution in [1.82, 2.24) is 24.3 Å². The maximum Gasteiger partial charge on any atom is 0.490 e. The van der Waals surface area contributed by atoms with Gasteiger partial charge >= 0.3 is 24.3 Å². The molecule has 1 saturated heterocycles. The molecule has 238 valence electrons. The number of carbonyl (C=O) groups excluding carboxylic acids is 1. The van der Waals surface area contributed by atoms with E-state index in [1.54, 1.807) is 6.20 Å². The molecule has 1 atom stereocenters. The average Bonchev–Trinajstić information content (AvgIpc) is 3.38. The number of nitrogens with zero attached hydrogens (tertiary/aromatic N) is 5. The number of aromatic nitrogens is 3. The van der Waals surface area contributed by atoms with Gasteiger partial charge in [-0.1, -0.05) is 36.4 Å². The van der Waals surface area contributed by atoms with Crippen molar-refractivity contribution in [2.75, 3.05) is 26.7 Å². The first-order chi connectivity index (χ1) is 20.5. The van der Waals surface area contributed by atoms with Gasteiger partial charge in [0.15, 0.2) is 0 Å². The number of hydrogen-bond acceptors (Lipinski definition) is 6. The lowest BCUT2D eigenvalue weighted by Crippen LogP contribution is -2.58. The molecular weight excluding hydrogens is 600 g/mol. The zero-order chi connectivity index (χ0) is 32.7. The summed E-state index contributed by atoms with van der Waals surface area (Å²) in [6, 6.07) is 16.1. The Bertz CT molecular complexity index is 1410. The van der Waals surface area contributed by atoms with Gasteiger partial charge in [0.1, 0.15) is 0 Å². The molecule has 0 saturated carbocycles. The number of carboxylic acid groups (broad SMARTS) is 2. The molecule has 2 aromatic heterocycles. The zero-order valence-electron chi connectivity index (χ0n) is 23.3. The number of fused-ring (bicyclic) bond motifs is 2. The minimum Gasteiger partial charge on any atom is -0.475 e. The van der Waals surface area contributed by atoms with Crippen molar-refractivity contribution in [3.05, 3.63) is 72.4 Å². The highest BCUT2D eigenvalue weighted by Gasteiger charge is 2.44. The molecule has 1 spiro atoms. The Morgan fingerprint density at radius 3 is 2.02 bits per heavy atom. The molecule has 10 nitrogen and oxygen atoms in total. The van der Waals surface area contributed by atoms with E-state index in [2.05, 4.69) is 45.8 Å². The average molecular weight is 630 g/mol. The quantitative estimate of drug-likeness (QED) is 0.413.